The Bertz CT molecular complexity index is 1310. The van der Waals surface area contributed by atoms with Gasteiger partial charge in [0.1, 0.15) is 5.15 Å². The Labute approximate surface area is 231 Å². The molecule has 202 valence electrons. The molecule has 0 bridgehead atoms. The molecule has 1 aliphatic heterocycles. The molecule has 0 radical (unpaired) electrons. The molecular weight excluding hydrogens is 496 g/mol. The number of halogens is 1. The van der Waals surface area contributed by atoms with Crippen LogP contribution < -0.4 is 0 Å². The van der Waals surface area contributed by atoms with E-state index < -0.39 is 0 Å². The van der Waals surface area contributed by atoms with Crippen LogP contribution in [0.2, 0.25) is 5.15 Å². The zero-order valence-corrected chi connectivity index (χ0v) is 23.7. The number of fused-ring (bicyclic) bond motifs is 3. The van der Waals surface area contributed by atoms with E-state index in [1.54, 1.807) is 12.3 Å². The van der Waals surface area contributed by atoms with Crippen molar-refractivity contribution in [2.75, 3.05) is 27.2 Å². The molecule has 6 nitrogen and oxygen atoms in total. The third kappa shape index (κ3) is 5.45. The lowest BCUT2D eigenvalue weighted by Gasteiger charge is -2.34. The fourth-order valence-corrected chi connectivity index (χ4v) is 6.22. The molecule has 1 N–H and O–H groups in total. The molecule has 1 saturated carbocycles. The fraction of sp³-hybridized carbons (Fsp3) is 0.516. The van der Waals surface area contributed by atoms with Gasteiger partial charge in [-0.25, -0.2) is 4.98 Å². The number of aliphatic hydroxyl groups is 1. The summed E-state index contributed by atoms with van der Waals surface area (Å²) >= 11 is 6.03. The molecule has 0 spiro atoms. The van der Waals surface area contributed by atoms with Crippen LogP contribution in [0.4, 0.5) is 0 Å². The van der Waals surface area contributed by atoms with Crippen molar-refractivity contribution in [3.05, 3.63) is 69.6 Å². The molecule has 1 unspecified atom stereocenters. The molecule has 0 saturated heterocycles. The van der Waals surface area contributed by atoms with Crippen molar-refractivity contribution in [1.82, 2.24) is 19.8 Å². The average molecular weight is 535 g/mol. The van der Waals surface area contributed by atoms with Crippen molar-refractivity contribution < 1.29 is 9.90 Å². The van der Waals surface area contributed by atoms with E-state index >= 15 is 0 Å². The molecule has 1 aromatic carbocycles. The van der Waals surface area contributed by atoms with Crippen LogP contribution in [0.1, 0.15) is 90.7 Å². The fourth-order valence-electron chi connectivity index (χ4n) is 6.11. The van der Waals surface area contributed by atoms with Gasteiger partial charge >= 0.3 is 0 Å². The summed E-state index contributed by atoms with van der Waals surface area (Å²) in [7, 11) is 4.15. The summed E-state index contributed by atoms with van der Waals surface area (Å²) < 4.78 is 0. The van der Waals surface area contributed by atoms with Crippen LogP contribution in [-0.4, -0.2) is 64.1 Å². The molecule has 38 heavy (non-hydrogen) atoms. The number of aromatic nitrogens is 2. The highest BCUT2D eigenvalue weighted by molar-refractivity contribution is 6.29. The van der Waals surface area contributed by atoms with Crippen molar-refractivity contribution in [3.63, 3.8) is 0 Å². The van der Waals surface area contributed by atoms with E-state index in [-0.39, 0.29) is 29.9 Å². The lowest BCUT2D eigenvalue weighted by molar-refractivity contribution is 0.0332. The zero-order valence-electron chi connectivity index (χ0n) is 23.0. The highest BCUT2D eigenvalue weighted by atomic mass is 35.5. The van der Waals surface area contributed by atoms with Gasteiger partial charge in [-0.3, -0.25) is 9.78 Å². The van der Waals surface area contributed by atoms with Crippen molar-refractivity contribution in [3.8, 4) is 0 Å². The third-order valence-electron chi connectivity index (χ3n) is 8.25. The van der Waals surface area contributed by atoms with Gasteiger partial charge in [-0.15, -0.1) is 0 Å². The largest absolute Gasteiger partial charge is 0.393 e. The molecule has 3 atom stereocenters. The second-order valence-corrected chi connectivity index (χ2v) is 12.0. The monoisotopic (exact) mass is 534 g/mol. The summed E-state index contributed by atoms with van der Waals surface area (Å²) in [6, 6.07) is 10.1. The Morgan fingerprint density at radius 2 is 1.95 bits per heavy atom. The van der Waals surface area contributed by atoms with Gasteiger partial charge < -0.3 is 14.9 Å². The highest BCUT2D eigenvalue weighted by Gasteiger charge is 2.41. The van der Waals surface area contributed by atoms with Gasteiger partial charge in [0, 0.05) is 40.9 Å². The maximum absolute atomic E-state index is 14.1. The molecule has 1 fully saturated rings. The minimum atomic E-state index is -0.342. The van der Waals surface area contributed by atoms with Crippen LogP contribution in [0.5, 0.6) is 0 Å². The molecule has 3 aromatic rings. The quantitative estimate of drug-likeness (QED) is 0.359. The molecule has 1 amide bonds. The molecule has 7 heteroatoms. The third-order valence-corrected chi connectivity index (χ3v) is 8.48. The first-order valence-electron chi connectivity index (χ1n) is 13.9. The number of aliphatic hydroxyl groups excluding tert-OH is 1. The van der Waals surface area contributed by atoms with E-state index in [0.717, 1.165) is 77.5 Å². The lowest BCUT2D eigenvalue weighted by Crippen LogP contribution is -2.39. The first-order chi connectivity index (χ1) is 18.2. The Morgan fingerprint density at radius 1 is 1.16 bits per heavy atom. The smallest absolute Gasteiger partial charge is 0.254 e. The van der Waals surface area contributed by atoms with Crippen molar-refractivity contribution in [1.29, 1.82) is 0 Å². The molecular formula is C31H39ClN4O2. The van der Waals surface area contributed by atoms with Gasteiger partial charge in [0.2, 0.25) is 0 Å². The maximum atomic E-state index is 14.1. The number of nitrogens with zero attached hydrogens (tertiary/aromatic N) is 4. The van der Waals surface area contributed by atoms with Gasteiger partial charge in [0.15, 0.2) is 0 Å². The number of pyridine rings is 2. The summed E-state index contributed by atoms with van der Waals surface area (Å²) in [5, 5.41) is 12.3. The van der Waals surface area contributed by atoms with Crippen molar-refractivity contribution in [2.24, 2.45) is 5.92 Å². The highest BCUT2D eigenvalue weighted by Crippen LogP contribution is 2.43. The molecule has 2 aromatic heterocycles. The predicted octanol–water partition coefficient (Wildman–Crippen LogP) is 6.00. The van der Waals surface area contributed by atoms with Crippen LogP contribution in [0, 0.1) is 5.92 Å². The van der Waals surface area contributed by atoms with Gasteiger partial charge in [-0.05, 0) is 81.6 Å². The number of carbonyl (C=O) groups excluding carboxylic acids is 1. The molecule has 1 aliphatic carbocycles. The van der Waals surface area contributed by atoms with Crippen LogP contribution in [0.3, 0.4) is 0 Å². The lowest BCUT2D eigenvalue weighted by atomic mass is 9.86. The Kier molecular flexibility index (Phi) is 8.03. The summed E-state index contributed by atoms with van der Waals surface area (Å²) in [6.45, 7) is 5.77. The Balaban J connectivity index is 1.63. The topological polar surface area (TPSA) is 69.6 Å². The van der Waals surface area contributed by atoms with Crippen LogP contribution in [0.15, 0.2) is 36.5 Å². The first kappa shape index (κ1) is 27.0. The van der Waals surface area contributed by atoms with Crippen LogP contribution in [0.25, 0.3) is 10.9 Å². The number of hydrogen-bond donors (Lipinski definition) is 1. The van der Waals surface area contributed by atoms with Crippen LogP contribution >= 0.6 is 11.6 Å². The van der Waals surface area contributed by atoms with Gasteiger partial charge in [-0.1, -0.05) is 50.4 Å². The average Bonchev–Trinajstić information content (AvgIpc) is 3.15. The second-order valence-electron chi connectivity index (χ2n) is 11.6. The van der Waals surface area contributed by atoms with Crippen LogP contribution in [-0.2, 0) is 6.42 Å². The second kappa shape index (κ2) is 11.3. The summed E-state index contributed by atoms with van der Waals surface area (Å²) in [5.74, 6) is 0.467. The normalized spacial score (nSPS) is 21.6. The van der Waals surface area contributed by atoms with Gasteiger partial charge in [0.05, 0.1) is 17.7 Å². The van der Waals surface area contributed by atoms with E-state index in [2.05, 4.69) is 56.0 Å². The number of benzene rings is 1. The van der Waals surface area contributed by atoms with Crippen molar-refractivity contribution in [2.45, 2.75) is 70.4 Å². The standard InChI is InChI=1S/C31H39ClN4O2/c1-19(2)25-11-10-23-22(15-20-9-12-28(32)33-17-20)16-24-29(30(23)34-25)26(13-14-35(3)4)36(31(24)38)18-21-7-5-6-8-27(21)37/h9-12,16-17,19,21,26-27,37H,5-8,13-15,18H2,1-4H3/t21-,26?,27+/m1/s1. The summed E-state index contributed by atoms with van der Waals surface area (Å²) in [6.07, 6.45) is 6.90. The number of rotatable bonds is 8. The van der Waals surface area contributed by atoms with E-state index in [9.17, 15) is 9.90 Å². The minimum absolute atomic E-state index is 0.0577. The maximum Gasteiger partial charge on any atom is 0.254 e. The van der Waals surface area contributed by atoms with E-state index in [4.69, 9.17) is 16.6 Å². The number of carbonyl (C=O) groups is 1. The minimum Gasteiger partial charge on any atom is -0.393 e. The molecule has 3 heterocycles. The summed E-state index contributed by atoms with van der Waals surface area (Å²) in [4.78, 5) is 27.8. The van der Waals surface area contributed by atoms with Gasteiger partial charge in [-0.2, -0.15) is 0 Å². The van der Waals surface area contributed by atoms with Crippen molar-refractivity contribution >= 4 is 28.4 Å². The predicted molar refractivity (Wildman–Crippen MR) is 153 cm³/mol. The van der Waals surface area contributed by atoms with Gasteiger partial charge in [0.25, 0.3) is 5.91 Å². The Hall–Kier alpha value is -2.54. The van der Waals surface area contributed by atoms with E-state index in [1.165, 1.54) is 0 Å². The number of amides is 1. The SMILES string of the molecule is CC(C)c1ccc2c(Cc3ccc(Cl)nc3)cc3c(c2n1)C(CCN(C)C)N(C[C@H]1CCCC[C@@H]1O)C3=O. The van der Waals surface area contributed by atoms with E-state index in [0.29, 0.717) is 18.1 Å². The molecule has 5 rings (SSSR count). The molecule has 2 aliphatic rings. The Morgan fingerprint density at radius 3 is 2.63 bits per heavy atom. The number of hydrogen-bond acceptors (Lipinski definition) is 5. The van der Waals surface area contributed by atoms with E-state index in [1.807, 2.05) is 11.0 Å². The first-order valence-corrected chi connectivity index (χ1v) is 14.3. The summed E-state index contributed by atoms with van der Waals surface area (Å²) in [5.41, 5.74) is 5.90. The zero-order chi connectivity index (χ0) is 27.0.